The maximum atomic E-state index is 13.1. The highest BCUT2D eigenvalue weighted by atomic mass is 19.1. The fraction of sp³-hybridized carbons (Fsp3) is 0.462. The predicted molar refractivity (Wildman–Crippen MR) is 65.6 cm³/mol. The normalized spacial score (nSPS) is 21.3. The van der Waals surface area contributed by atoms with Crippen molar-refractivity contribution in [1.82, 2.24) is 10.6 Å². The molecule has 2 rings (SSSR count). The van der Waals surface area contributed by atoms with Gasteiger partial charge in [-0.25, -0.2) is 4.39 Å². The first-order valence-corrected chi connectivity index (χ1v) is 6.04. The lowest BCUT2D eigenvalue weighted by Gasteiger charge is -2.24. The third-order valence-corrected chi connectivity index (χ3v) is 2.95. The molecule has 1 heterocycles. The minimum absolute atomic E-state index is 0.119. The van der Waals surface area contributed by atoms with Crippen LogP contribution in [0.2, 0.25) is 0 Å². The van der Waals surface area contributed by atoms with E-state index >= 15 is 0 Å². The monoisotopic (exact) mass is 252 g/mol. The van der Waals surface area contributed by atoms with Crippen molar-refractivity contribution in [2.75, 3.05) is 19.8 Å². The summed E-state index contributed by atoms with van der Waals surface area (Å²) in [6.07, 6.45) is 0. The summed E-state index contributed by atoms with van der Waals surface area (Å²) in [5.41, 5.74) is 0.750. The van der Waals surface area contributed by atoms with Gasteiger partial charge in [0.1, 0.15) is 11.9 Å². The summed E-state index contributed by atoms with van der Waals surface area (Å²) in [7, 11) is 0. The summed E-state index contributed by atoms with van der Waals surface area (Å²) in [6.45, 7) is 3.51. The van der Waals surface area contributed by atoms with Gasteiger partial charge in [-0.3, -0.25) is 4.79 Å². The molecule has 1 fully saturated rings. The number of hydrogen-bond acceptors (Lipinski definition) is 3. The van der Waals surface area contributed by atoms with E-state index in [1.54, 1.807) is 12.1 Å². The van der Waals surface area contributed by atoms with Crippen LogP contribution in [-0.4, -0.2) is 31.7 Å². The molecule has 4 nitrogen and oxygen atoms in total. The summed E-state index contributed by atoms with van der Waals surface area (Å²) in [6, 6.07) is 5.69. The van der Waals surface area contributed by atoms with Gasteiger partial charge in [-0.15, -0.1) is 0 Å². The molecule has 0 aliphatic carbocycles. The molecule has 0 aromatic heterocycles. The number of ether oxygens (including phenoxy) is 1. The van der Waals surface area contributed by atoms with Crippen molar-refractivity contribution in [2.24, 2.45) is 0 Å². The Hall–Kier alpha value is -1.46. The number of nitrogens with one attached hydrogen (secondary N) is 2. The van der Waals surface area contributed by atoms with E-state index in [2.05, 4.69) is 10.6 Å². The van der Waals surface area contributed by atoms with E-state index in [9.17, 15) is 9.18 Å². The molecule has 0 bridgehead atoms. The van der Waals surface area contributed by atoms with Crippen LogP contribution in [0.1, 0.15) is 18.5 Å². The van der Waals surface area contributed by atoms with E-state index < -0.39 is 0 Å². The van der Waals surface area contributed by atoms with Gasteiger partial charge in [0.15, 0.2) is 0 Å². The second-order valence-electron chi connectivity index (χ2n) is 4.37. The molecule has 2 N–H and O–H groups in total. The zero-order chi connectivity index (χ0) is 13.0. The molecular formula is C13H17FN2O2. The average molecular weight is 252 g/mol. The lowest BCUT2D eigenvalue weighted by atomic mass is 10.1. The summed E-state index contributed by atoms with van der Waals surface area (Å²) in [4.78, 5) is 11.9. The first-order chi connectivity index (χ1) is 8.66. The Kier molecular flexibility index (Phi) is 4.28. The maximum Gasteiger partial charge on any atom is 0.240 e. The van der Waals surface area contributed by atoms with Gasteiger partial charge in [-0.2, -0.15) is 0 Å². The van der Waals surface area contributed by atoms with Crippen LogP contribution in [-0.2, 0) is 9.53 Å². The lowest BCUT2D eigenvalue weighted by Crippen LogP contribution is -2.51. The number of amides is 1. The SMILES string of the molecule is CC(NC(=O)C1COCCN1)c1cccc(F)c1. The van der Waals surface area contributed by atoms with Crippen LogP contribution in [0, 0.1) is 5.82 Å². The lowest BCUT2D eigenvalue weighted by molar-refractivity contribution is -0.126. The maximum absolute atomic E-state index is 13.1. The molecular weight excluding hydrogens is 235 g/mol. The topological polar surface area (TPSA) is 50.4 Å². The van der Waals surface area contributed by atoms with Crippen molar-refractivity contribution in [3.05, 3.63) is 35.6 Å². The van der Waals surface area contributed by atoms with Crippen LogP contribution in [0.25, 0.3) is 0 Å². The molecule has 98 valence electrons. The highest BCUT2D eigenvalue weighted by Crippen LogP contribution is 2.13. The summed E-state index contributed by atoms with van der Waals surface area (Å²) >= 11 is 0. The second kappa shape index (κ2) is 5.93. The molecule has 2 atom stereocenters. The summed E-state index contributed by atoms with van der Waals surface area (Å²) in [5.74, 6) is -0.417. The molecule has 1 aliphatic heterocycles. The molecule has 5 heteroatoms. The van der Waals surface area contributed by atoms with E-state index in [0.29, 0.717) is 19.8 Å². The van der Waals surface area contributed by atoms with E-state index in [1.807, 2.05) is 6.92 Å². The zero-order valence-electron chi connectivity index (χ0n) is 10.3. The Balaban J connectivity index is 1.94. The molecule has 1 aromatic rings. The van der Waals surface area contributed by atoms with Crippen molar-refractivity contribution in [3.8, 4) is 0 Å². The minimum Gasteiger partial charge on any atom is -0.378 e. The van der Waals surface area contributed by atoms with Crippen molar-refractivity contribution in [1.29, 1.82) is 0 Å². The van der Waals surface area contributed by atoms with Gasteiger partial charge in [0.2, 0.25) is 5.91 Å². The van der Waals surface area contributed by atoms with Crippen molar-refractivity contribution in [2.45, 2.75) is 19.0 Å². The van der Waals surface area contributed by atoms with Gasteiger partial charge < -0.3 is 15.4 Å². The first kappa shape index (κ1) is 13.0. The van der Waals surface area contributed by atoms with Gasteiger partial charge >= 0.3 is 0 Å². The Morgan fingerprint density at radius 3 is 3.11 bits per heavy atom. The van der Waals surface area contributed by atoms with Gasteiger partial charge in [0, 0.05) is 6.54 Å². The van der Waals surface area contributed by atoms with Gasteiger partial charge in [0.05, 0.1) is 19.3 Å². The fourth-order valence-corrected chi connectivity index (χ4v) is 1.91. The van der Waals surface area contributed by atoms with Crippen molar-refractivity contribution < 1.29 is 13.9 Å². The quantitative estimate of drug-likeness (QED) is 0.843. The number of morpholine rings is 1. The average Bonchev–Trinajstić information content (AvgIpc) is 2.39. The summed E-state index contributed by atoms with van der Waals surface area (Å²) < 4.78 is 18.3. The van der Waals surface area contributed by atoms with Crippen molar-refractivity contribution >= 4 is 5.91 Å². The molecule has 0 saturated carbocycles. The zero-order valence-corrected chi connectivity index (χ0v) is 10.3. The Morgan fingerprint density at radius 2 is 2.44 bits per heavy atom. The van der Waals surface area contributed by atoms with Crippen LogP contribution in [0.15, 0.2) is 24.3 Å². The molecule has 1 aliphatic rings. The summed E-state index contributed by atoms with van der Waals surface area (Å²) in [5, 5.41) is 5.92. The Morgan fingerprint density at radius 1 is 1.61 bits per heavy atom. The highest BCUT2D eigenvalue weighted by molar-refractivity contribution is 5.82. The minimum atomic E-state index is -0.324. The smallest absolute Gasteiger partial charge is 0.240 e. The van der Waals surface area contributed by atoms with E-state index in [1.165, 1.54) is 12.1 Å². The third-order valence-electron chi connectivity index (χ3n) is 2.95. The van der Waals surface area contributed by atoms with Crippen LogP contribution in [0.5, 0.6) is 0 Å². The number of rotatable bonds is 3. The molecule has 1 amide bonds. The van der Waals surface area contributed by atoms with Gasteiger partial charge in [-0.1, -0.05) is 12.1 Å². The van der Waals surface area contributed by atoms with Crippen LogP contribution in [0.3, 0.4) is 0 Å². The predicted octanol–water partition coefficient (Wildman–Crippen LogP) is 0.991. The van der Waals surface area contributed by atoms with Crippen molar-refractivity contribution in [3.63, 3.8) is 0 Å². The Labute approximate surface area is 106 Å². The van der Waals surface area contributed by atoms with Crippen LogP contribution < -0.4 is 10.6 Å². The molecule has 2 unspecified atom stereocenters. The molecule has 1 aromatic carbocycles. The molecule has 0 radical (unpaired) electrons. The molecule has 0 spiro atoms. The highest BCUT2D eigenvalue weighted by Gasteiger charge is 2.22. The number of hydrogen-bond donors (Lipinski definition) is 2. The van der Waals surface area contributed by atoms with Crippen LogP contribution in [0.4, 0.5) is 4.39 Å². The fourth-order valence-electron chi connectivity index (χ4n) is 1.91. The molecule has 1 saturated heterocycles. The van der Waals surface area contributed by atoms with E-state index in [-0.39, 0.29) is 23.8 Å². The number of carbonyl (C=O) groups is 1. The standard InChI is InChI=1S/C13H17FN2O2/c1-9(10-3-2-4-11(14)7-10)16-13(17)12-8-18-6-5-15-12/h2-4,7,9,12,15H,5-6,8H2,1H3,(H,16,17). The number of halogens is 1. The molecule has 18 heavy (non-hydrogen) atoms. The van der Waals surface area contributed by atoms with E-state index in [0.717, 1.165) is 5.56 Å². The second-order valence-corrected chi connectivity index (χ2v) is 4.37. The third kappa shape index (κ3) is 3.27. The van der Waals surface area contributed by atoms with Gasteiger partial charge in [0.25, 0.3) is 0 Å². The van der Waals surface area contributed by atoms with Crippen LogP contribution >= 0.6 is 0 Å². The number of benzene rings is 1. The Bertz CT molecular complexity index is 419. The number of carbonyl (C=O) groups excluding carboxylic acids is 1. The van der Waals surface area contributed by atoms with Gasteiger partial charge in [-0.05, 0) is 24.6 Å². The first-order valence-electron chi connectivity index (χ1n) is 6.04. The van der Waals surface area contributed by atoms with E-state index in [4.69, 9.17) is 4.74 Å². The largest absolute Gasteiger partial charge is 0.378 e.